The smallest absolute Gasteiger partial charge is 0.378 e. The average molecular weight is 591 g/mol. The summed E-state index contributed by atoms with van der Waals surface area (Å²) in [6, 6.07) is 0. The van der Waals surface area contributed by atoms with Crippen LogP contribution >= 0.6 is 0 Å². The molecule has 1 aliphatic rings. The summed E-state index contributed by atoms with van der Waals surface area (Å²) in [5, 5.41) is 29.5. The number of rotatable bonds is 2. The quantitative estimate of drug-likeness (QED) is 0.179. The van der Waals surface area contributed by atoms with Crippen molar-refractivity contribution in [2.24, 2.45) is 0 Å². The van der Waals surface area contributed by atoms with Gasteiger partial charge < -0.3 is 49.6 Å². The summed E-state index contributed by atoms with van der Waals surface area (Å²) in [4.78, 5) is 18.8. The fraction of sp³-hybridized carbons (Fsp3) is 0.846. The van der Waals surface area contributed by atoms with Crippen molar-refractivity contribution in [2.45, 2.75) is 0 Å². The first kappa shape index (κ1) is 30.6. The molecule has 1 rings (SSSR count). The molecule has 1 saturated heterocycles. The predicted molar refractivity (Wildman–Crippen MR) is 96.4 cm³/mol. The molecule has 2 radical (unpaired) electrons. The molecule has 0 aromatic rings. The second kappa shape index (κ2) is 24.9. The van der Waals surface area contributed by atoms with Crippen molar-refractivity contribution >= 4 is 27.3 Å². The second-order valence-electron chi connectivity index (χ2n) is 4.49. The minimum absolute atomic E-state index is 0. The Hall–Kier alpha value is -1.14. The summed E-state index contributed by atoms with van der Waals surface area (Å²) in [7, 11) is 0. The fourth-order valence-electron chi connectivity index (χ4n) is 1.63. The molecule has 0 aromatic carbocycles. The van der Waals surface area contributed by atoms with Gasteiger partial charge in [0.05, 0.1) is 63.0 Å². The molecule has 0 spiro atoms. The van der Waals surface area contributed by atoms with Gasteiger partial charge in [0.1, 0.15) is 0 Å². The third-order valence-electron chi connectivity index (χ3n) is 2.61. The van der Waals surface area contributed by atoms with Gasteiger partial charge in [0.15, 0.2) is 0 Å². The van der Waals surface area contributed by atoms with E-state index in [9.17, 15) is 0 Å². The van der Waals surface area contributed by atoms with Crippen LogP contribution in [0.2, 0.25) is 0 Å². The van der Waals surface area contributed by atoms with Crippen LogP contribution in [0.3, 0.4) is 0 Å². The van der Waals surface area contributed by atoms with E-state index in [1.807, 2.05) is 6.08 Å². The maximum atomic E-state index is 8.25. The molecule has 13 nitrogen and oxygen atoms in total. The van der Waals surface area contributed by atoms with Crippen LogP contribution < -0.4 is 0 Å². The van der Waals surface area contributed by atoms with Gasteiger partial charge in [-0.05, 0) is 0 Å². The molecule has 1 heterocycles. The molecular formula is C13H25N3O10Pb. The van der Waals surface area contributed by atoms with E-state index >= 15 is 0 Å². The van der Waals surface area contributed by atoms with Crippen molar-refractivity contribution in [3.63, 3.8) is 0 Å². The first-order chi connectivity index (χ1) is 12.4. The first-order valence-electron chi connectivity index (χ1n) is 7.67. The molecule has 0 N–H and O–H groups in total. The van der Waals surface area contributed by atoms with E-state index in [4.69, 9.17) is 49.6 Å². The third-order valence-corrected chi connectivity index (χ3v) is 2.61. The van der Waals surface area contributed by atoms with Crippen molar-refractivity contribution in [3.8, 4) is 0 Å². The van der Waals surface area contributed by atoms with Crippen LogP contribution in [0.15, 0.2) is 12.7 Å². The molecule has 0 saturated carbocycles. The van der Waals surface area contributed by atoms with Crippen LogP contribution in [0.25, 0.3) is 0 Å². The summed E-state index contributed by atoms with van der Waals surface area (Å²) in [6.07, 6.45) is 1.90. The second-order valence-corrected chi connectivity index (χ2v) is 4.49. The van der Waals surface area contributed by atoms with Crippen LogP contribution in [0.4, 0.5) is 0 Å². The fourth-order valence-corrected chi connectivity index (χ4v) is 1.63. The molecule has 0 aromatic heterocycles. The normalized spacial score (nSPS) is 17.0. The molecule has 156 valence electrons. The largest absolute Gasteiger partial charge is 2.00 e. The minimum Gasteiger partial charge on any atom is -0.378 e. The molecule has 0 bridgehead atoms. The van der Waals surface area contributed by atoms with Crippen LogP contribution in [0.5, 0.6) is 0 Å². The maximum Gasteiger partial charge on any atom is 2.00 e. The molecule has 0 atom stereocenters. The van der Waals surface area contributed by atoms with Crippen LogP contribution in [-0.4, -0.2) is 115 Å². The summed E-state index contributed by atoms with van der Waals surface area (Å²) >= 11 is 0. The Labute approximate surface area is 177 Å². The van der Waals surface area contributed by atoms with Gasteiger partial charge in [0.2, 0.25) is 0 Å². The molecule has 27 heavy (non-hydrogen) atoms. The van der Waals surface area contributed by atoms with E-state index in [2.05, 4.69) is 11.5 Å². The minimum atomic E-state index is -1.75. The Morgan fingerprint density at radius 3 is 1.26 bits per heavy atom. The SMILES string of the molecule is C=CCN1CCOCCOCCOCCOCC1.O=[N+]([O-])[O-].O=[N+]([O-])[O-].[Pb+2]. The van der Waals surface area contributed by atoms with Gasteiger partial charge >= 0.3 is 27.3 Å². The van der Waals surface area contributed by atoms with Gasteiger partial charge in [-0.1, -0.05) is 6.08 Å². The van der Waals surface area contributed by atoms with Crippen LogP contribution in [0.1, 0.15) is 0 Å². The van der Waals surface area contributed by atoms with E-state index in [1.165, 1.54) is 0 Å². The van der Waals surface area contributed by atoms with E-state index in [0.29, 0.717) is 52.9 Å². The standard InChI is InChI=1S/C13H25NO4.2NO3.Pb/c1-2-3-14-4-6-15-8-10-17-12-13-18-11-9-16-7-5-14;2*2-1(3)4;/h2H,1,3-13H2;;;/q;2*-1;+2. The number of hydrogen-bond acceptors (Lipinski definition) is 11. The Bertz CT molecular complexity index is 329. The van der Waals surface area contributed by atoms with Crippen molar-refractivity contribution in [1.29, 1.82) is 0 Å². The zero-order chi connectivity index (χ0) is 20.0. The van der Waals surface area contributed by atoms with E-state index in [-0.39, 0.29) is 27.3 Å². The van der Waals surface area contributed by atoms with Gasteiger partial charge in [-0.15, -0.1) is 6.58 Å². The molecule has 0 aliphatic carbocycles. The Morgan fingerprint density at radius 2 is 1.00 bits per heavy atom. The summed E-state index contributed by atoms with van der Waals surface area (Å²) < 4.78 is 21.7. The molecule has 0 unspecified atom stereocenters. The van der Waals surface area contributed by atoms with Crippen molar-refractivity contribution in [3.05, 3.63) is 43.3 Å². The molecule has 1 aliphatic heterocycles. The topological polar surface area (TPSA) is 173 Å². The molecule has 14 heteroatoms. The van der Waals surface area contributed by atoms with Crippen molar-refractivity contribution in [1.82, 2.24) is 4.90 Å². The Morgan fingerprint density at radius 1 is 0.741 bits per heavy atom. The van der Waals surface area contributed by atoms with Crippen molar-refractivity contribution < 1.29 is 29.1 Å². The zero-order valence-electron chi connectivity index (χ0n) is 15.0. The van der Waals surface area contributed by atoms with Gasteiger partial charge in [0, 0.05) is 19.6 Å². The summed E-state index contributed by atoms with van der Waals surface area (Å²) in [6.45, 7) is 11.6. The predicted octanol–water partition coefficient (Wildman–Crippen LogP) is -0.305. The maximum absolute atomic E-state index is 8.25. The van der Waals surface area contributed by atoms with Crippen molar-refractivity contribution in [2.75, 3.05) is 72.5 Å². The Balaban J connectivity index is -0.000000543. The number of nitrogens with zero attached hydrogens (tertiary/aromatic N) is 3. The van der Waals surface area contributed by atoms with Gasteiger partial charge in [-0.25, -0.2) is 0 Å². The average Bonchev–Trinajstić information content (AvgIpc) is 2.54. The van der Waals surface area contributed by atoms with Gasteiger partial charge in [-0.2, -0.15) is 0 Å². The van der Waals surface area contributed by atoms with E-state index in [1.54, 1.807) is 0 Å². The molecule has 1 fully saturated rings. The monoisotopic (exact) mass is 591 g/mol. The van der Waals surface area contributed by atoms with Crippen LogP contribution in [-0.2, 0) is 18.9 Å². The first-order valence-corrected chi connectivity index (χ1v) is 7.67. The van der Waals surface area contributed by atoms with Gasteiger partial charge in [-0.3, -0.25) is 4.90 Å². The number of ether oxygens (including phenoxy) is 4. The van der Waals surface area contributed by atoms with E-state index < -0.39 is 10.2 Å². The Kier molecular flexibility index (Phi) is 28.2. The summed E-state index contributed by atoms with van der Waals surface area (Å²) in [5.41, 5.74) is 0. The van der Waals surface area contributed by atoms with E-state index in [0.717, 1.165) is 19.6 Å². The summed E-state index contributed by atoms with van der Waals surface area (Å²) in [5.74, 6) is 0. The van der Waals surface area contributed by atoms with Gasteiger partial charge in [0.25, 0.3) is 0 Å². The molecule has 0 amide bonds. The zero-order valence-corrected chi connectivity index (χ0v) is 18.9. The molecular weight excluding hydrogens is 565 g/mol. The van der Waals surface area contributed by atoms with Crippen LogP contribution in [0, 0.1) is 30.6 Å². The number of hydrogen-bond donors (Lipinski definition) is 0. The third kappa shape index (κ3) is 36.5.